The molecule has 0 aliphatic carbocycles. The highest BCUT2D eigenvalue weighted by molar-refractivity contribution is 5.93. The van der Waals surface area contributed by atoms with Gasteiger partial charge in [0.25, 0.3) is 5.91 Å². The third-order valence-corrected chi connectivity index (χ3v) is 4.62. The van der Waals surface area contributed by atoms with Crippen LogP contribution in [0.2, 0.25) is 0 Å². The second-order valence-electron chi connectivity index (χ2n) is 6.59. The summed E-state index contributed by atoms with van der Waals surface area (Å²) in [5.74, 6) is 1.65. The Morgan fingerprint density at radius 1 is 1.03 bits per heavy atom. The molecule has 0 unspecified atom stereocenters. The Morgan fingerprint density at radius 3 is 2.59 bits per heavy atom. The van der Waals surface area contributed by atoms with Gasteiger partial charge in [-0.2, -0.15) is 0 Å². The van der Waals surface area contributed by atoms with Crippen LogP contribution in [0.25, 0.3) is 11.4 Å². The summed E-state index contributed by atoms with van der Waals surface area (Å²) in [5.41, 5.74) is 2.01. The fraction of sp³-hybridized carbons (Fsp3) is 0.227. The number of rotatable bonds is 5. The van der Waals surface area contributed by atoms with Gasteiger partial charge in [-0.3, -0.25) is 4.79 Å². The number of hydrogen-bond acceptors (Lipinski definition) is 6. The molecule has 148 valence electrons. The molecular weight excluding hydrogens is 368 g/mol. The lowest BCUT2D eigenvalue weighted by molar-refractivity contribution is 0.0299. The van der Waals surface area contributed by atoms with Crippen molar-refractivity contribution < 1.29 is 14.3 Å². The third-order valence-electron chi connectivity index (χ3n) is 4.62. The Morgan fingerprint density at radius 2 is 1.83 bits per heavy atom. The highest BCUT2D eigenvalue weighted by atomic mass is 16.5. The number of hydrogen-bond donors (Lipinski definition) is 1. The molecule has 0 saturated carbocycles. The number of methoxy groups -OCH3 is 1. The van der Waals surface area contributed by atoms with Crippen molar-refractivity contribution in [3.8, 4) is 17.1 Å². The maximum absolute atomic E-state index is 13.0. The molecule has 1 aromatic heterocycles. The summed E-state index contributed by atoms with van der Waals surface area (Å²) in [6, 6.07) is 18.8. The first kappa shape index (κ1) is 18.9. The maximum atomic E-state index is 13.0. The van der Waals surface area contributed by atoms with Crippen LogP contribution >= 0.6 is 0 Å². The first-order valence-corrected chi connectivity index (χ1v) is 9.45. The number of anilines is 2. The minimum atomic E-state index is -0.124. The van der Waals surface area contributed by atoms with E-state index in [1.54, 1.807) is 18.1 Å². The van der Waals surface area contributed by atoms with Crippen LogP contribution in [-0.2, 0) is 4.74 Å². The molecule has 0 bridgehead atoms. The number of amides is 1. The second-order valence-corrected chi connectivity index (χ2v) is 6.59. The number of carbonyl (C=O) groups is 1. The van der Waals surface area contributed by atoms with E-state index in [9.17, 15) is 4.79 Å². The number of ether oxygens (including phenoxy) is 2. The molecule has 7 heteroatoms. The van der Waals surface area contributed by atoms with Crippen molar-refractivity contribution in [1.29, 1.82) is 0 Å². The van der Waals surface area contributed by atoms with Crippen LogP contribution in [-0.4, -0.2) is 54.2 Å². The smallest absolute Gasteiger partial charge is 0.272 e. The van der Waals surface area contributed by atoms with Gasteiger partial charge in [0.15, 0.2) is 5.82 Å². The quantitative estimate of drug-likeness (QED) is 0.720. The summed E-state index contributed by atoms with van der Waals surface area (Å²) in [6.07, 6.45) is 0. The average Bonchev–Trinajstić information content (AvgIpc) is 2.79. The van der Waals surface area contributed by atoms with Gasteiger partial charge in [-0.15, -0.1) is 0 Å². The van der Waals surface area contributed by atoms with E-state index in [1.807, 2.05) is 54.6 Å². The number of carbonyl (C=O) groups excluding carboxylic acids is 1. The Labute approximate surface area is 169 Å². The van der Waals surface area contributed by atoms with Crippen molar-refractivity contribution in [2.24, 2.45) is 0 Å². The van der Waals surface area contributed by atoms with Gasteiger partial charge in [0, 0.05) is 36.5 Å². The van der Waals surface area contributed by atoms with E-state index < -0.39 is 0 Å². The van der Waals surface area contributed by atoms with Crippen LogP contribution < -0.4 is 10.1 Å². The predicted octanol–water partition coefficient (Wildman–Crippen LogP) is 3.37. The lowest BCUT2D eigenvalue weighted by Gasteiger charge is -2.26. The van der Waals surface area contributed by atoms with E-state index >= 15 is 0 Å². The summed E-state index contributed by atoms with van der Waals surface area (Å²) in [5, 5.41) is 3.26. The van der Waals surface area contributed by atoms with Gasteiger partial charge in [-0.1, -0.05) is 36.4 Å². The molecule has 2 heterocycles. The Kier molecular flexibility index (Phi) is 5.67. The van der Waals surface area contributed by atoms with E-state index in [2.05, 4.69) is 15.3 Å². The van der Waals surface area contributed by atoms with Crippen molar-refractivity contribution in [2.75, 3.05) is 38.7 Å². The van der Waals surface area contributed by atoms with Gasteiger partial charge in [0.1, 0.15) is 17.3 Å². The molecule has 1 aliphatic rings. The van der Waals surface area contributed by atoms with Crippen molar-refractivity contribution >= 4 is 17.4 Å². The number of morpholine rings is 1. The topological polar surface area (TPSA) is 76.6 Å². The molecular formula is C22H22N4O3. The van der Waals surface area contributed by atoms with Crippen molar-refractivity contribution in [3.63, 3.8) is 0 Å². The van der Waals surface area contributed by atoms with Crippen LogP contribution in [0.15, 0.2) is 60.7 Å². The highest BCUT2D eigenvalue weighted by Crippen LogP contribution is 2.24. The lowest BCUT2D eigenvalue weighted by atomic mass is 10.2. The Bertz CT molecular complexity index is 988. The fourth-order valence-electron chi connectivity index (χ4n) is 3.11. The van der Waals surface area contributed by atoms with Crippen LogP contribution in [0, 0.1) is 0 Å². The summed E-state index contributed by atoms with van der Waals surface area (Å²) in [7, 11) is 1.62. The molecule has 1 saturated heterocycles. The molecule has 0 spiro atoms. The molecule has 0 atom stereocenters. The summed E-state index contributed by atoms with van der Waals surface area (Å²) >= 11 is 0. The minimum absolute atomic E-state index is 0.124. The number of benzene rings is 2. The van der Waals surface area contributed by atoms with Crippen LogP contribution in [0.3, 0.4) is 0 Å². The van der Waals surface area contributed by atoms with Gasteiger partial charge in [-0.25, -0.2) is 9.97 Å². The van der Waals surface area contributed by atoms with Crippen LogP contribution in [0.5, 0.6) is 5.75 Å². The van der Waals surface area contributed by atoms with Crippen LogP contribution in [0.1, 0.15) is 10.5 Å². The summed E-state index contributed by atoms with van der Waals surface area (Å²) < 4.78 is 10.6. The normalized spacial score (nSPS) is 13.8. The van der Waals surface area contributed by atoms with Crippen molar-refractivity contribution in [2.45, 2.75) is 0 Å². The SMILES string of the molecule is COc1cccc(Nc2cc(C(=O)N3CCOCC3)nc(-c3ccccc3)n2)c1. The zero-order chi connectivity index (χ0) is 20.1. The van der Waals surface area contributed by atoms with Crippen molar-refractivity contribution in [1.82, 2.24) is 14.9 Å². The van der Waals surface area contributed by atoms with Gasteiger partial charge in [0.2, 0.25) is 0 Å². The standard InChI is InChI=1S/C22H22N4O3/c1-28-18-9-5-8-17(14-18)23-20-15-19(22(27)26-10-12-29-13-11-26)24-21(25-20)16-6-3-2-4-7-16/h2-9,14-15H,10-13H2,1H3,(H,23,24,25). The summed E-state index contributed by atoms with van der Waals surface area (Å²) in [4.78, 5) is 24.0. The molecule has 7 nitrogen and oxygen atoms in total. The van der Waals surface area contributed by atoms with E-state index in [1.165, 1.54) is 0 Å². The molecule has 29 heavy (non-hydrogen) atoms. The van der Waals surface area contributed by atoms with E-state index in [0.717, 1.165) is 17.0 Å². The number of nitrogens with zero attached hydrogens (tertiary/aromatic N) is 3. The number of nitrogens with one attached hydrogen (secondary N) is 1. The van der Waals surface area contributed by atoms with E-state index in [4.69, 9.17) is 9.47 Å². The number of aromatic nitrogens is 2. The molecule has 4 rings (SSSR count). The van der Waals surface area contributed by atoms with Crippen molar-refractivity contribution in [3.05, 3.63) is 66.4 Å². The average molecular weight is 390 g/mol. The van der Waals surface area contributed by atoms with Gasteiger partial charge in [0.05, 0.1) is 20.3 Å². The Hall–Kier alpha value is -3.45. The molecule has 1 fully saturated rings. The Balaban J connectivity index is 1.70. The molecule has 3 aromatic rings. The third kappa shape index (κ3) is 4.52. The van der Waals surface area contributed by atoms with Gasteiger partial charge < -0.3 is 19.7 Å². The second kappa shape index (κ2) is 8.70. The van der Waals surface area contributed by atoms with Gasteiger partial charge >= 0.3 is 0 Å². The zero-order valence-corrected chi connectivity index (χ0v) is 16.2. The first-order valence-electron chi connectivity index (χ1n) is 9.45. The molecule has 0 radical (unpaired) electrons. The van der Waals surface area contributed by atoms with E-state index in [0.29, 0.717) is 43.6 Å². The van der Waals surface area contributed by atoms with Gasteiger partial charge in [-0.05, 0) is 12.1 Å². The molecule has 2 aromatic carbocycles. The summed E-state index contributed by atoms with van der Waals surface area (Å²) in [6.45, 7) is 2.19. The monoisotopic (exact) mass is 390 g/mol. The molecule has 1 amide bonds. The highest BCUT2D eigenvalue weighted by Gasteiger charge is 2.21. The van der Waals surface area contributed by atoms with E-state index in [-0.39, 0.29) is 5.91 Å². The molecule has 1 N–H and O–H groups in total. The zero-order valence-electron chi connectivity index (χ0n) is 16.2. The molecule has 1 aliphatic heterocycles. The largest absolute Gasteiger partial charge is 0.497 e. The lowest BCUT2D eigenvalue weighted by Crippen LogP contribution is -2.41. The predicted molar refractivity (Wildman–Crippen MR) is 110 cm³/mol. The first-order chi connectivity index (χ1) is 14.2. The maximum Gasteiger partial charge on any atom is 0.272 e. The van der Waals surface area contributed by atoms with Crippen LogP contribution in [0.4, 0.5) is 11.5 Å². The minimum Gasteiger partial charge on any atom is -0.497 e. The fourth-order valence-corrected chi connectivity index (χ4v) is 3.11.